The van der Waals surface area contributed by atoms with Crippen molar-refractivity contribution in [2.24, 2.45) is 0 Å². The number of carbonyl (C=O) groups is 1. The van der Waals surface area contributed by atoms with Gasteiger partial charge in [0.1, 0.15) is 6.29 Å². The Labute approximate surface area is 101 Å². The third-order valence-corrected chi connectivity index (χ3v) is 2.85. The zero-order chi connectivity index (χ0) is 11.4. The monoisotopic (exact) mass is 280 g/mol. The Hall–Kier alpha value is -1.49. The Bertz CT molecular complexity index is 496. The minimum atomic E-state index is 0.194. The van der Waals surface area contributed by atoms with Crippen molar-refractivity contribution >= 4 is 22.2 Å². The predicted octanol–water partition coefficient (Wildman–Crippen LogP) is 2.16. The maximum Gasteiger partial charge on any atom is 0.231 e. The van der Waals surface area contributed by atoms with Gasteiger partial charge in [-0.05, 0) is 11.6 Å². The lowest BCUT2D eigenvalue weighted by molar-refractivity contribution is -0.107. The van der Waals surface area contributed by atoms with Crippen LogP contribution in [-0.4, -0.2) is 16.4 Å². The minimum absolute atomic E-state index is 0.194. The number of carbonyl (C=O) groups excluding carboxylic acids is 1. The lowest BCUT2D eigenvalue weighted by atomic mass is 10.1. The summed E-state index contributed by atoms with van der Waals surface area (Å²) in [6.45, 7) is 0. The van der Waals surface area contributed by atoms with Crippen molar-refractivity contribution in [2.45, 2.75) is 12.8 Å². The van der Waals surface area contributed by atoms with Gasteiger partial charge in [0.15, 0.2) is 5.82 Å². The Morgan fingerprint density at radius 2 is 2.19 bits per heavy atom. The van der Waals surface area contributed by atoms with E-state index in [1.54, 1.807) is 0 Å². The van der Waals surface area contributed by atoms with Crippen molar-refractivity contribution in [3.05, 3.63) is 46.0 Å². The smallest absolute Gasteiger partial charge is 0.231 e. The highest BCUT2D eigenvalue weighted by Crippen LogP contribution is 2.18. The Balaban J connectivity index is 2.14. The normalized spacial score (nSPS) is 10.3. The molecule has 16 heavy (non-hydrogen) atoms. The van der Waals surface area contributed by atoms with Crippen molar-refractivity contribution < 1.29 is 9.32 Å². The number of rotatable bonds is 4. The Morgan fingerprint density at radius 1 is 1.38 bits per heavy atom. The Kier molecular flexibility index (Phi) is 3.46. The molecule has 1 aromatic carbocycles. The first-order chi connectivity index (χ1) is 7.79. The number of nitrogens with zero attached hydrogens (tertiary/aromatic N) is 2. The van der Waals surface area contributed by atoms with Crippen LogP contribution in [0.5, 0.6) is 0 Å². The van der Waals surface area contributed by atoms with Crippen LogP contribution >= 0.6 is 15.9 Å². The van der Waals surface area contributed by atoms with Gasteiger partial charge in [0.2, 0.25) is 5.89 Å². The van der Waals surface area contributed by atoms with E-state index in [9.17, 15) is 4.79 Å². The molecule has 0 spiro atoms. The Morgan fingerprint density at radius 3 is 2.94 bits per heavy atom. The van der Waals surface area contributed by atoms with Crippen LogP contribution in [0.3, 0.4) is 0 Å². The van der Waals surface area contributed by atoms with E-state index in [1.807, 2.05) is 24.3 Å². The summed E-state index contributed by atoms with van der Waals surface area (Å²) in [5, 5.41) is 3.70. The van der Waals surface area contributed by atoms with Crippen LogP contribution in [0.2, 0.25) is 0 Å². The molecule has 1 heterocycles. The summed E-state index contributed by atoms with van der Waals surface area (Å²) >= 11 is 3.45. The fourth-order valence-electron chi connectivity index (χ4n) is 1.32. The molecule has 0 fully saturated rings. The number of benzene rings is 1. The quantitative estimate of drug-likeness (QED) is 0.806. The molecule has 0 unspecified atom stereocenters. The lowest BCUT2D eigenvalue weighted by Crippen LogP contribution is -1.92. The summed E-state index contributed by atoms with van der Waals surface area (Å²) in [5.74, 6) is 0.945. The van der Waals surface area contributed by atoms with Gasteiger partial charge in [-0.3, -0.25) is 0 Å². The van der Waals surface area contributed by atoms with Gasteiger partial charge in [0.25, 0.3) is 0 Å². The van der Waals surface area contributed by atoms with E-state index in [1.165, 1.54) is 0 Å². The van der Waals surface area contributed by atoms with E-state index in [4.69, 9.17) is 4.52 Å². The molecule has 2 aromatic rings. The van der Waals surface area contributed by atoms with Crippen molar-refractivity contribution in [3.8, 4) is 0 Å². The molecular formula is C11H9BrN2O2. The molecule has 0 amide bonds. The van der Waals surface area contributed by atoms with Crippen LogP contribution in [0.4, 0.5) is 0 Å². The van der Waals surface area contributed by atoms with E-state index >= 15 is 0 Å². The number of hydrogen-bond acceptors (Lipinski definition) is 4. The zero-order valence-electron chi connectivity index (χ0n) is 8.39. The first kappa shape index (κ1) is 11.0. The van der Waals surface area contributed by atoms with Crippen molar-refractivity contribution in [3.63, 3.8) is 0 Å². The maximum absolute atomic E-state index is 10.3. The SMILES string of the molecule is O=CCc1noc(Cc2ccccc2Br)n1. The van der Waals surface area contributed by atoms with Gasteiger partial charge in [-0.1, -0.05) is 39.3 Å². The van der Waals surface area contributed by atoms with Crippen LogP contribution < -0.4 is 0 Å². The number of halogens is 1. The highest BCUT2D eigenvalue weighted by molar-refractivity contribution is 9.10. The molecule has 4 nitrogen and oxygen atoms in total. The van der Waals surface area contributed by atoms with Crippen molar-refractivity contribution in [1.29, 1.82) is 0 Å². The third-order valence-electron chi connectivity index (χ3n) is 2.08. The average molecular weight is 281 g/mol. The van der Waals surface area contributed by atoms with Crippen LogP contribution in [0.25, 0.3) is 0 Å². The standard InChI is InChI=1S/C11H9BrN2O2/c12-9-4-2-1-3-8(9)7-11-13-10(5-6-15)14-16-11/h1-4,6H,5,7H2. The molecule has 0 atom stereocenters. The number of aldehydes is 1. The molecule has 0 saturated carbocycles. The molecule has 0 radical (unpaired) electrons. The molecular weight excluding hydrogens is 272 g/mol. The molecule has 0 bridgehead atoms. The number of hydrogen-bond donors (Lipinski definition) is 0. The fourth-order valence-corrected chi connectivity index (χ4v) is 1.75. The van der Waals surface area contributed by atoms with Gasteiger partial charge in [-0.15, -0.1) is 0 Å². The molecule has 2 rings (SSSR count). The van der Waals surface area contributed by atoms with Crippen LogP contribution in [0, 0.1) is 0 Å². The van der Waals surface area contributed by atoms with Gasteiger partial charge in [0.05, 0.1) is 12.8 Å². The highest BCUT2D eigenvalue weighted by Gasteiger charge is 2.08. The minimum Gasteiger partial charge on any atom is -0.339 e. The lowest BCUT2D eigenvalue weighted by Gasteiger charge is -1.98. The van der Waals surface area contributed by atoms with Gasteiger partial charge in [0, 0.05) is 4.47 Å². The summed E-state index contributed by atoms with van der Waals surface area (Å²) in [4.78, 5) is 14.4. The van der Waals surface area contributed by atoms with E-state index < -0.39 is 0 Å². The zero-order valence-corrected chi connectivity index (χ0v) is 9.98. The van der Waals surface area contributed by atoms with E-state index in [2.05, 4.69) is 26.1 Å². The van der Waals surface area contributed by atoms with E-state index in [-0.39, 0.29) is 6.42 Å². The summed E-state index contributed by atoms with van der Waals surface area (Å²) in [6.07, 6.45) is 1.51. The molecule has 0 N–H and O–H groups in total. The first-order valence-corrected chi connectivity index (χ1v) is 5.57. The molecule has 1 aromatic heterocycles. The van der Waals surface area contributed by atoms with Gasteiger partial charge in [-0.2, -0.15) is 4.98 Å². The second-order valence-electron chi connectivity index (χ2n) is 3.24. The molecule has 0 aliphatic heterocycles. The summed E-state index contributed by atoms with van der Waals surface area (Å²) in [6, 6.07) is 7.83. The number of aromatic nitrogens is 2. The molecule has 5 heteroatoms. The largest absolute Gasteiger partial charge is 0.339 e. The van der Waals surface area contributed by atoms with Crippen LogP contribution in [0.1, 0.15) is 17.3 Å². The molecule has 82 valence electrons. The van der Waals surface area contributed by atoms with Gasteiger partial charge >= 0.3 is 0 Å². The summed E-state index contributed by atoms with van der Waals surface area (Å²) in [7, 11) is 0. The topological polar surface area (TPSA) is 56.0 Å². The van der Waals surface area contributed by atoms with Crippen molar-refractivity contribution in [1.82, 2.24) is 10.1 Å². The van der Waals surface area contributed by atoms with Crippen LogP contribution in [-0.2, 0) is 17.6 Å². The molecule has 0 aliphatic rings. The molecule has 0 aliphatic carbocycles. The van der Waals surface area contributed by atoms with E-state index in [0.29, 0.717) is 18.1 Å². The second-order valence-corrected chi connectivity index (χ2v) is 4.10. The highest BCUT2D eigenvalue weighted by atomic mass is 79.9. The summed E-state index contributed by atoms with van der Waals surface area (Å²) in [5.41, 5.74) is 1.07. The van der Waals surface area contributed by atoms with E-state index in [0.717, 1.165) is 16.3 Å². The van der Waals surface area contributed by atoms with Gasteiger partial charge < -0.3 is 9.32 Å². The second kappa shape index (κ2) is 5.03. The predicted molar refractivity (Wildman–Crippen MR) is 61.0 cm³/mol. The van der Waals surface area contributed by atoms with Gasteiger partial charge in [-0.25, -0.2) is 0 Å². The first-order valence-electron chi connectivity index (χ1n) is 4.78. The van der Waals surface area contributed by atoms with Crippen LogP contribution in [0.15, 0.2) is 33.3 Å². The molecule has 0 saturated heterocycles. The average Bonchev–Trinajstić information content (AvgIpc) is 2.70. The maximum atomic E-state index is 10.3. The fraction of sp³-hybridized carbons (Fsp3) is 0.182. The summed E-state index contributed by atoms with van der Waals surface area (Å²) < 4.78 is 6.04. The third kappa shape index (κ3) is 2.55. The van der Waals surface area contributed by atoms with Crippen molar-refractivity contribution in [2.75, 3.05) is 0 Å².